The molecule has 196 valence electrons. The minimum absolute atomic E-state index is 0.125. The predicted molar refractivity (Wildman–Crippen MR) is 139 cm³/mol. The van der Waals surface area contributed by atoms with Crippen LogP contribution in [0.3, 0.4) is 0 Å². The summed E-state index contributed by atoms with van der Waals surface area (Å²) >= 11 is 0. The zero-order valence-corrected chi connectivity index (χ0v) is 22.9. The summed E-state index contributed by atoms with van der Waals surface area (Å²) in [5.41, 5.74) is 0.0104. The van der Waals surface area contributed by atoms with Crippen LogP contribution in [0.1, 0.15) is 126 Å². The molecule has 0 amide bonds. The maximum absolute atomic E-state index is 10.8. The van der Waals surface area contributed by atoms with Crippen molar-refractivity contribution in [3.63, 3.8) is 0 Å². The third kappa shape index (κ3) is 11.7. The molecule has 0 aromatic carbocycles. The van der Waals surface area contributed by atoms with Gasteiger partial charge in [-0.15, -0.1) is 0 Å². The highest BCUT2D eigenvalue weighted by molar-refractivity contribution is 5.18. The quantitative estimate of drug-likeness (QED) is 0.162. The fourth-order valence-electron chi connectivity index (χ4n) is 5.30. The van der Waals surface area contributed by atoms with Crippen molar-refractivity contribution in [1.29, 1.82) is 0 Å². The standard InChI is InChI=1S/C29H56O4/c1-8-10-11-17-28(6,31)19-13-20-29(7,32)18-12-14-22(3)15-16-25-21-26(30)23(4)24(5)27(25)33-9-2/h21-24,26-27,30-32H,8-20H2,1-7H3. The number of hydrogen-bond acceptors (Lipinski definition) is 4. The van der Waals surface area contributed by atoms with Crippen molar-refractivity contribution in [1.82, 2.24) is 0 Å². The fraction of sp³-hybridized carbons (Fsp3) is 0.931. The van der Waals surface area contributed by atoms with Crippen LogP contribution >= 0.6 is 0 Å². The highest BCUT2D eigenvalue weighted by atomic mass is 16.5. The van der Waals surface area contributed by atoms with E-state index in [-0.39, 0.29) is 18.1 Å². The zero-order chi connectivity index (χ0) is 25.1. The van der Waals surface area contributed by atoms with E-state index in [1.807, 2.05) is 26.8 Å². The Bertz CT molecular complexity index is 554. The van der Waals surface area contributed by atoms with E-state index in [4.69, 9.17) is 4.74 Å². The minimum atomic E-state index is -0.652. The normalized spacial score (nSPS) is 28.1. The van der Waals surface area contributed by atoms with Gasteiger partial charge in [0.05, 0.1) is 23.4 Å². The second-order valence-corrected chi connectivity index (χ2v) is 11.7. The van der Waals surface area contributed by atoms with Crippen molar-refractivity contribution in [3.8, 4) is 0 Å². The number of hydrogen-bond donors (Lipinski definition) is 3. The summed E-state index contributed by atoms with van der Waals surface area (Å²) in [6.45, 7) is 15.4. The van der Waals surface area contributed by atoms with Crippen LogP contribution in [-0.4, -0.2) is 45.3 Å². The largest absolute Gasteiger partial charge is 0.390 e. The van der Waals surface area contributed by atoms with Crippen LogP contribution in [-0.2, 0) is 4.74 Å². The van der Waals surface area contributed by atoms with E-state index in [0.717, 1.165) is 64.2 Å². The third-order valence-electron chi connectivity index (χ3n) is 8.03. The average molecular weight is 469 g/mol. The Morgan fingerprint density at radius 1 is 0.879 bits per heavy atom. The lowest BCUT2D eigenvalue weighted by molar-refractivity contribution is -0.00637. The summed E-state index contributed by atoms with van der Waals surface area (Å²) in [5.74, 6) is 1.14. The first-order valence-corrected chi connectivity index (χ1v) is 13.9. The first kappa shape index (κ1) is 30.6. The summed E-state index contributed by atoms with van der Waals surface area (Å²) in [6, 6.07) is 0. The summed E-state index contributed by atoms with van der Waals surface area (Å²) in [7, 11) is 0. The van der Waals surface area contributed by atoms with Crippen molar-refractivity contribution in [3.05, 3.63) is 11.6 Å². The lowest BCUT2D eigenvalue weighted by Gasteiger charge is -2.37. The van der Waals surface area contributed by atoms with Gasteiger partial charge in [0.25, 0.3) is 0 Å². The van der Waals surface area contributed by atoms with Gasteiger partial charge in [0.1, 0.15) is 0 Å². The number of aliphatic hydroxyl groups excluding tert-OH is 1. The Labute approximate surface area is 205 Å². The molecule has 1 rings (SSSR count). The van der Waals surface area contributed by atoms with Crippen molar-refractivity contribution < 1.29 is 20.1 Å². The Hall–Kier alpha value is -0.420. The van der Waals surface area contributed by atoms with E-state index in [1.165, 1.54) is 18.4 Å². The van der Waals surface area contributed by atoms with Crippen LogP contribution < -0.4 is 0 Å². The lowest BCUT2D eigenvalue weighted by Crippen LogP contribution is -2.39. The molecule has 0 heterocycles. The average Bonchev–Trinajstić information content (AvgIpc) is 2.72. The monoisotopic (exact) mass is 468 g/mol. The highest BCUT2D eigenvalue weighted by Gasteiger charge is 2.34. The molecule has 7 atom stereocenters. The Balaban J connectivity index is 2.36. The van der Waals surface area contributed by atoms with Gasteiger partial charge in [-0.05, 0) is 89.0 Å². The van der Waals surface area contributed by atoms with Crippen LogP contribution in [0.2, 0.25) is 0 Å². The van der Waals surface area contributed by atoms with Gasteiger partial charge in [-0.25, -0.2) is 0 Å². The van der Waals surface area contributed by atoms with Crippen molar-refractivity contribution in [2.45, 2.75) is 149 Å². The lowest BCUT2D eigenvalue weighted by atomic mass is 9.76. The minimum Gasteiger partial charge on any atom is -0.390 e. The molecule has 0 saturated heterocycles. The van der Waals surface area contributed by atoms with Gasteiger partial charge >= 0.3 is 0 Å². The van der Waals surface area contributed by atoms with Crippen molar-refractivity contribution >= 4 is 0 Å². The number of rotatable bonds is 17. The maximum atomic E-state index is 10.8. The van der Waals surface area contributed by atoms with Gasteiger partial charge in [-0.2, -0.15) is 0 Å². The molecule has 1 aliphatic rings. The van der Waals surface area contributed by atoms with Gasteiger partial charge in [0.15, 0.2) is 0 Å². The van der Waals surface area contributed by atoms with E-state index >= 15 is 0 Å². The topological polar surface area (TPSA) is 69.9 Å². The van der Waals surface area contributed by atoms with Gasteiger partial charge in [-0.3, -0.25) is 0 Å². The second kappa shape index (κ2) is 14.9. The fourth-order valence-corrected chi connectivity index (χ4v) is 5.30. The molecular formula is C29H56O4. The molecule has 4 nitrogen and oxygen atoms in total. The van der Waals surface area contributed by atoms with E-state index in [2.05, 4.69) is 27.7 Å². The summed E-state index contributed by atoms with van der Waals surface area (Å²) < 4.78 is 6.04. The number of unbranched alkanes of at least 4 members (excludes halogenated alkanes) is 2. The molecular weight excluding hydrogens is 412 g/mol. The molecule has 0 aliphatic heterocycles. The summed E-state index contributed by atoms with van der Waals surface area (Å²) in [5, 5.41) is 31.8. The zero-order valence-electron chi connectivity index (χ0n) is 22.9. The van der Waals surface area contributed by atoms with Gasteiger partial charge in [0, 0.05) is 6.61 Å². The molecule has 3 N–H and O–H groups in total. The SMILES string of the molecule is CCCCCC(C)(O)CCCC(C)(O)CCCC(C)CCC1=CC(O)C(C)C(C)C1OCC. The maximum Gasteiger partial charge on any atom is 0.0814 e. The van der Waals surface area contributed by atoms with Crippen LogP contribution in [0.15, 0.2) is 11.6 Å². The smallest absolute Gasteiger partial charge is 0.0814 e. The van der Waals surface area contributed by atoms with Crippen molar-refractivity contribution in [2.24, 2.45) is 17.8 Å². The summed E-state index contributed by atoms with van der Waals surface area (Å²) in [6.07, 6.45) is 13.5. The first-order valence-electron chi connectivity index (χ1n) is 13.9. The van der Waals surface area contributed by atoms with Gasteiger partial charge < -0.3 is 20.1 Å². The first-order chi connectivity index (χ1) is 15.4. The molecule has 0 aromatic rings. The van der Waals surface area contributed by atoms with Gasteiger partial charge in [0.2, 0.25) is 0 Å². The van der Waals surface area contributed by atoms with Crippen LogP contribution in [0.5, 0.6) is 0 Å². The number of aliphatic hydroxyl groups is 3. The Morgan fingerprint density at radius 2 is 1.45 bits per heavy atom. The van der Waals surface area contributed by atoms with Crippen LogP contribution in [0.4, 0.5) is 0 Å². The van der Waals surface area contributed by atoms with Crippen LogP contribution in [0, 0.1) is 17.8 Å². The van der Waals surface area contributed by atoms with Crippen LogP contribution in [0.25, 0.3) is 0 Å². The Kier molecular flexibility index (Phi) is 13.8. The van der Waals surface area contributed by atoms with E-state index < -0.39 is 11.2 Å². The molecule has 0 bridgehead atoms. The highest BCUT2D eigenvalue weighted by Crippen LogP contribution is 2.35. The third-order valence-corrected chi connectivity index (χ3v) is 8.03. The molecule has 4 heteroatoms. The molecule has 0 saturated carbocycles. The van der Waals surface area contributed by atoms with E-state index in [9.17, 15) is 15.3 Å². The predicted octanol–water partition coefficient (Wildman–Crippen LogP) is 6.80. The number of ether oxygens (including phenoxy) is 1. The molecule has 0 aromatic heterocycles. The molecule has 0 fully saturated rings. The molecule has 0 radical (unpaired) electrons. The molecule has 0 spiro atoms. The molecule has 7 unspecified atom stereocenters. The van der Waals surface area contributed by atoms with E-state index in [0.29, 0.717) is 18.4 Å². The molecule has 33 heavy (non-hydrogen) atoms. The Morgan fingerprint density at radius 3 is 2.03 bits per heavy atom. The van der Waals surface area contributed by atoms with Gasteiger partial charge in [-0.1, -0.05) is 65.9 Å². The van der Waals surface area contributed by atoms with Crippen molar-refractivity contribution in [2.75, 3.05) is 6.61 Å². The van der Waals surface area contributed by atoms with E-state index in [1.54, 1.807) is 0 Å². The summed E-state index contributed by atoms with van der Waals surface area (Å²) in [4.78, 5) is 0. The molecule has 1 aliphatic carbocycles. The second-order valence-electron chi connectivity index (χ2n) is 11.7.